The first-order valence-electron chi connectivity index (χ1n) is 7.02. The Kier molecular flexibility index (Phi) is 11.0. The molecule has 9 heteroatoms. The molecule has 0 aliphatic heterocycles. The van der Waals surface area contributed by atoms with Gasteiger partial charge >= 0.3 is 15.2 Å². The first-order valence-corrected chi connectivity index (χ1v) is 10.5. The summed E-state index contributed by atoms with van der Waals surface area (Å²) >= 11 is 0. The molecule has 128 valence electrons. The van der Waals surface area contributed by atoms with Crippen LogP contribution in [0.2, 0.25) is 0 Å². The van der Waals surface area contributed by atoms with E-state index in [0.717, 1.165) is 19.4 Å². The molecule has 0 saturated heterocycles. The summed E-state index contributed by atoms with van der Waals surface area (Å²) in [5.41, 5.74) is 0. The highest BCUT2D eigenvalue weighted by Crippen LogP contribution is 2.47. The normalized spacial score (nSPS) is 13.0. The van der Waals surface area contributed by atoms with Crippen LogP contribution in [0.5, 0.6) is 0 Å². The average molecular weight is 345 g/mol. The van der Waals surface area contributed by atoms with Crippen LogP contribution >= 0.6 is 15.2 Å². The van der Waals surface area contributed by atoms with Crippen molar-refractivity contribution < 1.29 is 27.2 Å². The maximum Gasteiger partial charge on any atom is 0.331 e. The van der Waals surface area contributed by atoms with E-state index in [4.69, 9.17) is 18.1 Å². The van der Waals surface area contributed by atoms with E-state index in [1.54, 1.807) is 0 Å². The van der Waals surface area contributed by atoms with Gasteiger partial charge in [0.25, 0.3) is 0 Å². The average Bonchev–Trinajstić information content (AvgIpc) is 2.53. The molecule has 0 aliphatic rings. The summed E-state index contributed by atoms with van der Waals surface area (Å²) in [6.45, 7) is 4.03. The third kappa shape index (κ3) is 8.46. The molecule has 21 heavy (non-hydrogen) atoms. The predicted octanol–water partition coefficient (Wildman–Crippen LogP) is 3.06. The third-order valence-corrected chi connectivity index (χ3v) is 7.04. The van der Waals surface area contributed by atoms with Gasteiger partial charge in [0, 0.05) is 41.5 Å². The van der Waals surface area contributed by atoms with E-state index in [0.29, 0.717) is 25.4 Å². The first-order chi connectivity index (χ1) is 9.88. The molecule has 0 bridgehead atoms. The Bertz CT molecular complexity index is 320. The highest BCUT2D eigenvalue weighted by atomic mass is 31.2. The van der Waals surface area contributed by atoms with Crippen molar-refractivity contribution >= 4 is 15.2 Å². The van der Waals surface area contributed by atoms with Gasteiger partial charge in [-0.1, -0.05) is 13.3 Å². The van der Waals surface area contributed by atoms with Crippen LogP contribution in [-0.2, 0) is 27.2 Å². The van der Waals surface area contributed by atoms with Crippen molar-refractivity contribution in [2.45, 2.75) is 19.8 Å². The van der Waals surface area contributed by atoms with Crippen LogP contribution in [-0.4, -0.2) is 65.3 Å². The fraction of sp³-hybridized carbons (Fsp3) is 1.00. The minimum absolute atomic E-state index is 0.300. The van der Waals surface area contributed by atoms with Crippen molar-refractivity contribution in [2.75, 3.05) is 60.4 Å². The summed E-state index contributed by atoms with van der Waals surface area (Å²) in [6.07, 6.45) is 2.66. The minimum Gasteiger partial charge on any atom is -0.312 e. The highest BCUT2D eigenvalue weighted by Gasteiger charge is 2.25. The van der Waals surface area contributed by atoms with E-state index in [1.165, 1.54) is 28.4 Å². The van der Waals surface area contributed by atoms with E-state index in [9.17, 15) is 9.13 Å². The van der Waals surface area contributed by atoms with Gasteiger partial charge in [0.2, 0.25) is 0 Å². The van der Waals surface area contributed by atoms with Gasteiger partial charge in [-0.2, -0.15) is 0 Å². The van der Waals surface area contributed by atoms with Crippen LogP contribution in [0, 0.1) is 0 Å². The lowest BCUT2D eigenvalue weighted by Gasteiger charge is -2.25. The maximum absolute atomic E-state index is 12.1. The molecule has 0 amide bonds. The van der Waals surface area contributed by atoms with E-state index in [1.807, 2.05) is 0 Å². The van der Waals surface area contributed by atoms with Crippen molar-refractivity contribution in [2.24, 2.45) is 0 Å². The molecule has 0 aromatic carbocycles. The highest BCUT2D eigenvalue weighted by molar-refractivity contribution is 7.54. The van der Waals surface area contributed by atoms with Crippen molar-refractivity contribution in [1.29, 1.82) is 0 Å². The van der Waals surface area contributed by atoms with Crippen LogP contribution in [0.4, 0.5) is 0 Å². The van der Waals surface area contributed by atoms with Crippen LogP contribution in [0.3, 0.4) is 0 Å². The zero-order valence-electron chi connectivity index (χ0n) is 13.7. The number of unbranched alkanes of at least 4 members (excludes halogenated alkanes) is 1. The van der Waals surface area contributed by atoms with Crippen molar-refractivity contribution in [3.63, 3.8) is 0 Å². The topological polar surface area (TPSA) is 74.3 Å². The summed E-state index contributed by atoms with van der Waals surface area (Å²) in [7, 11) is -0.519. The fourth-order valence-electron chi connectivity index (χ4n) is 1.76. The Morgan fingerprint density at radius 1 is 0.762 bits per heavy atom. The monoisotopic (exact) mass is 345 g/mol. The molecule has 0 heterocycles. The molecule has 0 atom stereocenters. The molecule has 0 unspecified atom stereocenters. The second kappa shape index (κ2) is 10.9. The Morgan fingerprint density at radius 2 is 1.14 bits per heavy atom. The zero-order chi connectivity index (χ0) is 16.4. The van der Waals surface area contributed by atoms with Crippen LogP contribution in [0.25, 0.3) is 0 Å². The van der Waals surface area contributed by atoms with Crippen molar-refractivity contribution in [3.8, 4) is 0 Å². The van der Waals surface area contributed by atoms with Crippen LogP contribution in [0.1, 0.15) is 19.8 Å². The molecule has 0 rings (SSSR count). The summed E-state index contributed by atoms with van der Waals surface area (Å²) in [5.74, 6) is 0. The molecular formula is C12H29NO6P2. The Balaban J connectivity index is 4.52. The predicted molar refractivity (Wildman–Crippen MR) is 84.3 cm³/mol. The van der Waals surface area contributed by atoms with Gasteiger partial charge in [0.05, 0.1) is 12.3 Å². The SMILES string of the molecule is CCCCN(CCP(=O)(OC)OC)CCP(=O)(OC)OC. The molecule has 7 nitrogen and oxygen atoms in total. The summed E-state index contributed by atoms with van der Waals surface area (Å²) < 4.78 is 43.9. The van der Waals surface area contributed by atoms with Crippen molar-refractivity contribution in [1.82, 2.24) is 4.90 Å². The molecule has 0 aromatic rings. The molecule has 0 aliphatic carbocycles. The molecular weight excluding hydrogens is 316 g/mol. The largest absolute Gasteiger partial charge is 0.331 e. The fourth-order valence-corrected chi connectivity index (χ4v) is 3.84. The summed E-state index contributed by atoms with van der Waals surface area (Å²) in [5, 5.41) is 0. The summed E-state index contributed by atoms with van der Waals surface area (Å²) in [6, 6.07) is 0. The second-order valence-corrected chi connectivity index (χ2v) is 9.39. The van der Waals surface area contributed by atoms with Gasteiger partial charge in [0.15, 0.2) is 0 Å². The van der Waals surface area contributed by atoms with Gasteiger partial charge in [-0.25, -0.2) is 0 Å². The van der Waals surface area contributed by atoms with E-state index in [-0.39, 0.29) is 0 Å². The lowest BCUT2D eigenvalue weighted by Crippen LogP contribution is -2.31. The Hall–Kier alpha value is 0.260. The van der Waals surface area contributed by atoms with Gasteiger partial charge in [-0.05, 0) is 13.0 Å². The van der Waals surface area contributed by atoms with Gasteiger partial charge in [0.1, 0.15) is 0 Å². The number of nitrogens with zero attached hydrogens (tertiary/aromatic N) is 1. The standard InChI is InChI=1S/C12H29NO6P2/c1-6-7-8-13(9-11-20(14,16-2)17-3)10-12-21(15,18-4)19-5/h6-12H2,1-5H3. The third-order valence-electron chi connectivity index (χ3n) is 3.32. The number of hydrogen-bond donors (Lipinski definition) is 0. The molecule has 0 aromatic heterocycles. The van der Waals surface area contributed by atoms with Gasteiger partial charge in [-0.3, -0.25) is 9.13 Å². The zero-order valence-corrected chi connectivity index (χ0v) is 15.5. The molecule has 0 N–H and O–H groups in total. The summed E-state index contributed by atoms with van der Waals surface area (Å²) in [4.78, 5) is 2.08. The van der Waals surface area contributed by atoms with E-state index < -0.39 is 15.2 Å². The Labute approximate surface area is 128 Å². The number of hydrogen-bond acceptors (Lipinski definition) is 7. The molecule has 0 radical (unpaired) electrons. The molecule has 0 spiro atoms. The van der Waals surface area contributed by atoms with Crippen molar-refractivity contribution in [3.05, 3.63) is 0 Å². The molecule has 0 saturated carbocycles. The first kappa shape index (κ1) is 21.3. The smallest absolute Gasteiger partial charge is 0.312 e. The van der Waals surface area contributed by atoms with E-state index >= 15 is 0 Å². The number of rotatable bonds is 13. The van der Waals surface area contributed by atoms with Crippen LogP contribution < -0.4 is 0 Å². The Morgan fingerprint density at radius 3 is 1.43 bits per heavy atom. The second-order valence-electron chi connectivity index (χ2n) is 4.59. The molecule has 0 fully saturated rings. The van der Waals surface area contributed by atoms with Crippen LogP contribution in [0.15, 0.2) is 0 Å². The van der Waals surface area contributed by atoms with E-state index in [2.05, 4.69) is 11.8 Å². The quantitative estimate of drug-likeness (QED) is 0.475. The van der Waals surface area contributed by atoms with Gasteiger partial charge in [-0.15, -0.1) is 0 Å². The maximum atomic E-state index is 12.1. The minimum atomic E-state index is -3.02. The lowest BCUT2D eigenvalue weighted by molar-refractivity contribution is 0.245. The lowest BCUT2D eigenvalue weighted by atomic mass is 10.3. The van der Waals surface area contributed by atoms with Gasteiger partial charge < -0.3 is 23.0 Å².